The molecule has 1 saturated carbocycles. The first-order valence-corrected chi connectivity index (χ1v) is 7.92. The van der Waals surface area contributed by atoms with Gasteiger partial charge in [0.2, 0.25) is 0 Å². The van der Waals surface area contributed by atoms with Crippen LogP contribution >= 0.6 is 0 Å². The molecule has 3 nitrogen and oxygen atoms in total. The molecular formula is C17H27FN2O. The molecule has 4 heteroatoms. The monoisotopic (exact) mass is 294 g/mol. The van der Waals surface area contributed by atoms with Crippen molar-refractivity contribution in [2.45, 2.75) is 64.3 Å². The fourth-order valence-electron chi connectivity index (χ4n) is 3.12. The summed E-state index contributed by atoms with van der Waals surface area (Å²) >= 11 is 0. The van der Waals surface area contributed by atoms with E-state index in [1.165, 1.54) is 6.07 Å². The molecule has 0 bridgehead atoms. The summed E-state index contributed by atoms with van der Waals surface area (Å²) in [5.74, 6) is -0.210. The van der Waals surface area contributed by atoms with E-state index in [0.29, 0.717) is 18.3 Å². The van der Waals surface area contributed by atoms with Crippen molar-refractivity contribution in [1.29, 1.82) is 0 Å². The van der Waals surface area contributed by atoms with Crippen LogP contribution in [0.2, 0.25) is 0 Å². The summed E-state index contributed by atoms with van der Waals surface area (Å²) in [6, 6.07) is 5.57. The maximum Gasteiger partial charge on any atom is 0.146 e. The molecular weight excluding hydrogens is 267 g/mol. The summed E-state index contributed by atoms with van der Waals surface area (Å²) < 4.78 is 14.4. The van der Waals surface area contributed by atoms with Crippen molar-refractivity contribution < 1.29 is 9.50 Å². The third-order valence-electron chi connectivity index (χ3n) is 4.32. The van der Waals surface area contributed by atoms with Gasteiger partial charge in [-0.05, 0) is 24.5 Å². The summed E-state index contributed by atoms with van der Waals surface area (Å²) in [4.78, 5) is 1.94. The molecule has 2 atom stereocenters. The van der Waals surface area contributed by atoms with Crippen molar-refractivity contribution in [2.24, 2.45) is 0 Å². The van der Waals surface area contributed by atoms with Crippen LogP contribution in [0.15, 0.2) is 18.2 Å². The van der Waals surface area contributed by atoms with E-state index in [0.717, 1.165) is 31.2 Å². The number of likely N-dealkylation sites (N-methyl/N-ethyl adjacent to an activating group) is 1. The maximum atomic E-state index is 14.4. The molecule has 2 unspecified atom stereocenters. The number of nitrogens with zero attached hydrogens (tertiary/aromatic N) is 1. The van der Waals surface area contributed by atoms with E-state index in [1.807, 2.05) is 18.0 Å². The van der Waals surface area contributed by atoms with E-state index in [-0.39, 0.29) is 18.0 Å². The van der Waals surface area contributed by atoms with Gasteiger partial charge < -0.3 is 15.3 Å². The number of para-hydroxylation sites is 1. The van der Waals surface area contributed by atoms with Gasteiger partial charge in [0.25, 0.3) is 0 Å². The van der Waals surface area contributed by atoms with Gasteiger partial charge in [-0.3, -0.25) is 0 Å². The molecule has 1 aliphatic rings. The van der Waals surface area contributed by atoms with Crippen molar-refractivity contribution >= 4 is 5.69 Å². The number of nitrogens with one attached hydrogen (secondary N) is 1. The Kier molecular flexibility index (Phi) is 5.59. The van der Waals surface area contributed by atoms with Gasteiger partial charge in [0, 0.05) is 19.6 Å². The van der Waals surface area contributed by atoms with Crippen LogP contribution < -0.4 is 10.2 Å². The molecule has 21 heavy (non-hydrogen) atoms. The number of hydrogen-bond acceptors (Lipinski definition) is 3. The number of anilines is 1. The highest BCUT2D eigenvalue weighted by Crippen LogP contribution is 2.30. The van der Waals surface area contributed by atoms with Crippen LogP contribution in [0, 0.1) is 5.82 Å². The molecule has 0 radical (unpaired) electrons. The molecule has 2 rings (SSSR count). The van der Waals surface area contributed by atoms with Crippen LogP contribution in [0.1, 0.15) is 45.1 Å². The second-order valence-electron chi connectivity index (χ2n) is 6.31. The summed E-state index contributed by atoms with van der Waals surface area (Å²) in [6.07, 6.45) is 3.52. The Bertz CT molecular complexity index is 464. The summed E-state index contributed by atoms with van der Waals surface area (Å²) in [7, 11) is 1.90. The first-order chi connectivity index (χ1) is 10.0. The Morgan fingerprint density at radius 2 is 2.05 bits per heavy atom. The quantitative estimate of drug-likeness (QED) is 0.876. The largest absolute Gasteiger partial charge is 0.391 e. The number of rotatable bonds is 5. The van der Waals surface area contributed by atoms with Gasteiger partial charge >= 0.3 is 0 Å². The van der Waals surface area contributed by atoms with Gasteiger partial charge in [0.1, 0.15) is 5.82 Å². The summed E-state index contributed by atoms with van der Waals surface area (Å²) in [5, 5.41) is 13.6. The van der Waals surface area contributed by atoms with E-state index in [4.69, 9.17) is 0 Å². The number of aliphatic hydroxyl groups is 1. The molecule has 1 aromatic carbocycles. The summed E-state index contributed by atoms with van der Waals surface area (Å²) in [6.45, 7) is 4.79. The van der Waals surface area contributed by atoms with Gasteiger partial charge in [-0.15, -0.1) is 0 Å². The van der Waals surface area contributed by atoms with Gasteiger partial charge in [-0.2, -0.15) is 0 Å². The number of aliphatic hydroxyl groups excluding tert-OH is 1. The Morgan fingerprint density at radius 3 is 2.71 bits per heavy atom. The van der Waals surface area contributed by atoms with Crippen LogP contribution in [0.5, 0.6) is 0 Å². The van der Waals surface area contributed by atoms with Gasteiger partial charge in [-0.1, -0.05) is 38.8 Å². The molecule has 2 N–H and O–H groups in total. The standard InChI is InChI=1S/C17H27FN2O/c1-12(2)19-11-13-7-6-8-14(18)17(13)20(3)15-9-4-5-10-16(15)21/h6-8,12,15-16,19,21H,4-5,9-11H2,1-3H3. The van der Waals surface area contributed by atoms with Crippen LogP contribution in [-0.2, 0) is 6.54 Å². The maximum absolute atomic E-state index is 14.4. The zero-order valence-corrected chi connectivity index (χ0v) is 13.3. The van der Waals surface area contributed by atoms with E-state index in [2.05, 4.69) is 19.2 Å². The van der Waals surface area contributed by atoms with Crippen LogP contribution in [-0.4, -0.2) is 30.3 Å². The Labute approximate surface area is 127 Å². The van der Waals surface area contributed by atoms with Gasteiger partial charge in [0.15, 0.2) is 0 Å². The predicted molar refractivity (Wildman–Crippen MR) is 85.0 cm³/mol. The normalized spacial score (nSPS) is 22.6. The van der Waals surface area contributed by atoms with E-state index in [9.17, 15) is 9.50 Å². The lowest BCUT2D eigenvalue weighted by Crippen LogP contribution is -2.44. The molecule has 0 saturated heterocycles. The van der Waals surface area contributed by atoms with E-state index in [1.54, 1.807) is 6.07 Å². The highest BCUT2D eigenvalue weighted by Gasteiger charge is 2.29. The minimum atomic E-state index is -0.366. The lowest BCUT2D eigenvalue weighted by Gasteiger charge is -2.37. The highest BCUT2D eigenvalue weighted by atomic mass is 19.1. The smallest absolute Gasteiger partial charge is 0.146 e. The third-order valence-corrected chi connectivity index (χ3v) is 4.32. The topological polar surface area (TPSA) is 35.5 Å². The fraction of sp³-hybridized carbons (Fsp3) is 0.647. The minimum absolute atomic E-state index is 0.00782. The van der Waals surface area contributed by atoms with Crippen molar-refractivity contribution in [3.63, 3.8) is 0 Å². The zero-order chi connectivity index (χ0) is 15.4. The van der Waals surface area contributed by atoms with Gasteiger partial charge in [0.05, 0.1) is 17.8 Å². The average Bonchev–Trinajstić information content (AvgIpc) is 2.45. The zero-order valence-electron chi connectivity index (χ0n) is 13.3. The lowest BCUT2D eigenvalue weighted by molar-refractivity contribution is 0.106. The Balaban J connectivity index is 2.23. The van der Waals surface area contributed by atoms with Crippen LogP contribution in [0.3, 0.4) is 0 Å². The molecule has 1 aliphatic carbocycles. The van der Waals surface area contributed by atoms with E-state index < -0.39 is 0 Å². The molecule has 0 amide bonds. The van der Waals surface area contributed by atoms with Crippen molar-refractivity contribution in [1.82, 2.24) is 5.32 Å². The number of benzene rings is 1. The molecule has 0 aromatic heterocycles. The third kappa shape index (κ3) is 3.95. The molecule has 1 aromatic rings. The summed E-state index contributed by atoms with van der Waals surface area (Å²) in [5.41, 5.74) is 1.57. The van der Waals surface area contributed by atoms with Crippen LogP contribution in [0.4, 0.5) is 10.1 Å². The SMILES string of the molecule is CC(C)NCc1cccc(F)c1N(C)C1CCCCC1O. The molecule has 0 spiro atoms. The average molecular weight is 294 g/mol. The Hall–Kier alpha value is -1.13. The van der Waals surface area contributed by atoms with Crippen molar-refractivity contribution in [2.75, 3.05) is 11.9 Å². The highest BCUT2D eigenvalue weighted by molar-refractivity contribution is 5.55. The van der Waals surface area contributed by atoms with Gasteiger partial charge in [-0.25, -0.2) is 4.39 Å². The predicted octanol–water partition coefficient (Wildman–Crippen LogP) is 3.06. The molecule has 0 heterocycles. The number of hydrogen-bond donors (Lipinski definition) is 2. The van der Waals surface area contributed by atoms with Crippen molar-refractivity contribution in [3.05, 3.63) is 29.6 Å². The number of halogens is 1. The fourth-order valence-corrected chi connectivity index (χ4v) is 3.12. The second-order valence-corrected chi connectivity index (χ2v) is 6.31. The van der Waals surface area contributed by atoms with E-state index >= 15 is 0 Å². The second kappa shape index (κ2) is 7.23. The molecule has 118 valence electrons. The Morgan fingerprint density at radius 1 is 1.33 bits per heavy atom. The first-order valence-electron chi connectivity index (χ1n) is 7.92. The molecule has 0 aliphatic heterocycles. The van der Waals surface area contributed by atoms with Crippen molar-refractivity contribution in [3.8, 4) is 0 Å². The molecule has 1 fully saturated rings. The lowest BCUT2D eigenvalue weighted by atomic mass is 9.91. The van der Waals surface area contributed by atoms with Crippen LogP contribution in [0.25, 0.3) is 0 Å². The first kappa shape index (κ1) is 16.2. The minimum Gasteiger partial charge on any atom is -0.391 e.